The molecular formula is C25H27F3N2O. The monoisotopic (exact) mass is 428 g/mol. The summed E-state index contributed by atoms with van der Waals surface area (Å²) in [5.41, 5.74) is 0.472. The van der Waals surface area contributed by atoms with Crippen molar-refractivity contribution in [1.29, 1.82) is 0 Å². The van der Waals surface area contributed by atoms with Crippen molar-refractivity contribution in [3.05, 3.63) is 71.4 Å². The predicted molar refractivity (Wildman–Crippen MR) is 118 cm³/mol. The van der Waals surface area contributed by atoms with Crippen LogP contribution in [-0.2, 0) is 18.3 Å². The van der Waals surface area contributed by atoms with Crippen molar-refractivity contribution in [1.82, 2.24) is 4.98 Å². The highest BCUT2D eigenvalue weighted by Gasteiger charge is 2.57. The molecule has 2 unspecified atom stereocenters. The molecule has 0 fully saturated rings. The number of aromatic nitrogens is 1. The molecule has 1 aliphatic rings. The van der Waals surface area contributed by atoms with E-state index in [4.69, 9.17) is 0 Å². The number of pyridine rings is 1. The van der Waals surface area contributed by atoms with Crippen molar-refractivity contribution < 1.29 is 18.3 Å². The molecule has 4 rings (SSSR count). The number of aliphatic hydroxyl groups is 1. The van der Waals surface area contributed by atoms with E-state index in [9.17, 15) is 18.3 Å². The standard InChI is InChI=1S/C25H27F3N2O/c1-23(12-10-17-14-19(30(2)3)8-9-21(17)23)16-24(31,25(26,27)28)15-18-11-13-29-22-7-5-4-6-20(18)22/h4-9,11,13-14,31H,10,12,15-16H2,1-3H3. The van der Waals surface area contributed by atoms with E-state index in [1.54, 1.807) is 30.3 Å². The van der Waals surface area contributed by atoms with Gasteiger partial charge in [-0.05, 0) is 65.6 Å². The Bertz CT molecular complexity index is 1110. The maximum atomic E-state index is 14.3. The number of halogens is 3. The lowest BCUT2D eigenvalue weighted by Crippen LogP contribution is -2.51. The second-order valence-electron chi connectivity index (χ2n) is 9.17. The average Bonchev–Trinajstić information content (AvgIpc) is 3.03. The Morgan fingerprint density at radius 2 is 1.84 bits per heavy atom. The van der Waals surface area contributed by atoms with Crippen LogP contribution in [0.4, 0.5) is 18.9 Å². The Morgan fingerprint density at radius 1 is 1.10 bits per heavy atom. The molecule has 6 heteroatoms. The summed E-state index contributed by atoms with van der Waals surface area (Å²) in [7, 11) is 3.88. The zero-order valence-corrected chi connectivity index (χ0v) is 18.0. The SMILES string of the molecule is CN(C)c1ccc2c(c1)CCC2(C)CC(O)(Cc1ccnc2ccccc12)C(F)(F)F. The third-order valence-corrected chi connectivity index (χ3v) is 6.63. The first-order valence-electron chi connectivity index (χ1n) is 10.4. The number of fused-ring (bicyclic) bond motifs is 2. The fourth-order valence-corrected chi connectivity index (χ4v) is 4.92. The van der Waals surface area contributed by atoms with Crippen LogP contribution in [0.1, 0.15) is 36.5 Å². The first kappa shape index (κ1) is 21.6. The predicted octanol–water partition coefficient (Wildman–Crippen LogP) is 5.43. The maximum Gasteiger partial charge on any atom is 0.417 e. The minimum atomic E-state index is -4.76. The maximum absolute atomic E-state index is 14.3. The molecule has 0 saturated carbocycles. The normalized spacial score (nSPS) is 20.5. The van der Waals surface area contributed by atoms with E-state index < -0.39 is 23.6 Å². The fraction of sp³-hybridized carbons (Fsp3) is 0.400. The Labute approximate surface area is 180 Å². The summed E-state index contributed by atoms with van der Waals surface area (Å²) in [6.07, 6.45) is -2.85. The van der Waals surface area contributed by atoms with Crippen LogP contribution in [0.5, 0.6) is 0 Å². The summed E-state index contributed by atoms with van der Waals surface area (Å²) < 4.78 is 42.9. The summed E-state index contributed by atoms with van der Waals surface area (Å²) in [6, 6.07) is 14.6. The van der Waals surface area contributed by atoms with Crippen molar-refractivity contribution in [3.8, 4) is 0 Å². The lowest BCUT2D eigenvalue weighted by atomic mass is 9.72. The van der Waals surface area contributed by atoms with Gasteiger partial charge in [-0.1, -0.05) is 31.2 Å². The average molecular weight is 428 g/mol. The van der Waals surface area contributed by atoms with Gasteiger partial charge in [-0.25, -0.2) is 0 Å². The number of hydrogen-bond donors (Lipinski definition) is 1. The van der Waals surface area contributed by atoms with E-state index in [1.165, 1.54) is 6.20 Å². The molecule has 0 spiro atoms. The van der Waals surface area contributed by atoms with E-state index in [0.717, 1.165) is 16.8 Å². The molecule has 0 bridgehead atoms. The van der Waals surface area contributed by atoms with Gasteiger partial charge in [-0.15, -0.1) is 0 Å². The van der Waals surface area contributed by atoms with Gasteiger partial charge in [0.25, 0.3) is 0 Å². The first-order valence-corrected chi connectivity index (χ1v) is 10.4. The van der Waals surface area contributed by atoms with Crippen LogP contribution >= 0.6 is 0 Å². The van der Waals surface area contributed by atoms with Gasteiger partial charge in [0.05, 0.1) is 5.52 Å². The second-order valence-corrected chi connectivity index (χ2v) is 9.17. The minimum absolute atomic E-state index is 0.380. The molecule has 0 radical (unpaired) electrons. The van der Waals surface area contributed by atoms with E-state index in [0.29, 0.717) is 29.3 Å². The highest BCUT2D eigenvalue weighted by molar-refractivity contribution is 5.82. The summed E-state index contributed by atoms with van der Waals surface area (Å²) >= 11 is 0. The molecule has 0 amide bonds. The number of anilines is 1. The summed E-state index contributed by atoms with van der Waals surface area (Å²) in [4.78, 5) is 6.22. The third-order valence-electron chi connectivity index (χ3n) is 6.63. The molecular weight excluding hydrogens is 401 g/mol. The van der Waals surface area contributed by atoms with Gasteiger partial charge >= 0.3 is 6.18 Å². The molecule has 1 heterocycles. The molecule has 1 aromatic heterocycles. The number of para-hydroxylation sites is 1. The Kier molecular flexibility index (Phi) is 5.24. The molecule has 164 valence electrons. The zero-order valence-electron chi connectivity index (χ0n) is 18.0. The minimum Gasteiger partial charge on any atom is -0.380 e. The Hall–Kier alpha value is -2.60. The van der Waals surface area contributed by atoms with Crippen LogP contribution in [0, 0.1) is 0 Å². The number of aryl methyl sites for hydroxylation is 1. The van der Waals surface area contributed by atoms with Crippen molar-refractivity contribution in [2.75, 3.05) is 19.0 Å². The number of benzene rings is 2. The van der Waals surface area contributed by atoms with Crippen LogP contribution in [0.15, 0.2) is 54.7 Å². The largest absolute Gasteiger partial charge is 0.417 e. The van der Waals surface area contributed by atoms with Crippen molar-refractivity contribution in [2.24, 2.45) is 0 Å². The molecule has 0 saturated heterocycles. The lowest BCUT2D eigenvalue weighted by Gasteiger charge is -2.38. The molecule has 3 nitrogen and oxygen atoms in total. The number of hydrogen-bond acceptors (Lipinski definition) is 3. The van der Waals surface area contributed by atoms with Crippen molar-refractivity contribution >= 4 is 16.6 Å². The van der Waals surface area contributed by atoms with Gasteiger partial charge in [0.15, 0.2) is 5.60 Å². The topological polar surface area (TPSA) is 36.4 Å². The van der Waals surface area contributed by atoms with Crippen LogP contribution in [-0.4, -0.2) is 36.0 Å². The number of rotatable bonds is 5. The summed E-state index contributed by atoms with van der Waals surface area (Å²) in [6.45, 7) is 1.84. The number of nitrogens with zero attached hydrogens (tertiary/aromatic N) is 2. The van der Waals surface area contributed by atoms with Gasteiger partial charge in [-0.3, -0.25) is 4.98 Å². The molecule has 2 atom stereocenters. The van der Waals surface area contributed by atoms with E-state index in [1.807, 2.05) is 44.1 Å². The van der Waals surface area contributed by atoms with Gasteiger partial charge in [0.2, 0.25) is 0 Å². The Balaban J connectivity index is 1.72. The smallest absolute Gasteiger partial charge is 0.380 e. The van der Waals surface area contributed by atoms with Gasteiger partial charge in [-0.2, -0.15) is 13.2 Å². The lowest BCUT2D eigenvalue weighted by molar-refractivity contribution is -0.266. The fourth-order valence-electron chi connectivity index (χ4n) is 4.92. The third kappa shape index (κ3) is 3.89. The van der Waals surface area contributed by atoms with Crippen LogP contribution in [0.3, 0.4) is 0 Å². The zero-order chi connectivity index (χ0) is 22.4. The van der Waals surface area contributed by atoms with Crippen LogP contribution < -0.4 is 4.90 Å². The molecule has 2 aromatic carbocycles. The van der Waals surface area contributed by atoms with Gasteiger partial charge in [0, 0.05) is 37.8 Å². The van der Waals surface area contributed by atoms with E-state index in [2.05, 4.69) is 4.98 Å². The highest BCUT2D eigenvalue weighted by atomic mass is 19.4. The van der Waals surface area contributed by atoms with Crippen LogP contribution in [0.2, 0.25) is 0 Å². The van der Waals surface area contributed by atoms with Crippen molar-refractivity contribution in [2.45, 2.75) is 49.8 Å². The second kappa shape index (κ2) is 7.52. The van der Waals surface area contributed by atoms with Crippen LogP contribution in [0.25, 0.3) is 10.9 Å². The quantitative estimate of drug-likeness (QED) is 0.589. The molecule has 1 aliphatic carbocycles. The molecule has 3 aromatic rings. The molecule has 0 aliphatic heterocycles. The van der Waals surface area contributed by atoms with Gasteiger partial charge in [0.1, 0.15) is 0 Å². The van der Waals surface area contributed by atoms with Gasteiger partial charge < -0.3 is 10.0 Å². The number of alkyl halides is 3. The highest BCUT2D eigenvalue weighted by Crippen LogP contribution is 2.49. The summed E-state index contributed by atoms with van der Waals surface area (Å²) in [5, 5.41) is 11.7. The molecule has 31 heavy (non-hydrogen) atoms. The molecule has 1 N–H and O–H groups in total. The van der Waals surface area contributed by atoms with E-state index in [-0.39, 0.29) is 6.42 Å². The van der Waals surface area contributed by atoms with E-state index >= 15 is 0 Å². The first-order chi connectivity index (χ1) is 14.5. The Morgan fingerprint density at radius 3 is 2.55 bits per heavy atom. The van der Waals surface area contributed by atoms with Crippen molar-refractivity contribution in [3.63, 3.8) is 0 Å². The summed E-state index contributed by atoms with van der Waals surface area (Å²) in [5.74, 6) is 0.